The molecule has 1 saturated carbocycles. The maximum atomic E-state index is 13.5. The van der Waals surface area contributed by atoms with E-state index < -0.39 is 5.54 Å². The largest absolute Gasteiger partial charge is 0.385 e. The van der Waals surface area contributed by atoms with Gasteiger partial charge in [0.2, 0.25) is 5.91 Å². The molecule has 154 valence electrons. The van der Waals surface area contributed by atoms with Gasteiger partial charge in [0.25, 0.3) is 5.91 Å². The van der Waals surface area contributed by atoms with E-state index in [4.69, 9.17) is 4.74 Å². The number of benzene rings is 1. The number of ether oxygens (including phenoxy) is 1. The number of nitrogens with zero attached hydrogens (tertiary/aromatic N) is 1. The number of carbonyl (C=O) groups excluding carboxylic acids is 2. The zero-order valence-electron chi connectivity index (χ0n) is 17.5. The van der Waals surface area contributed by atoms with Gasteiger partial charge in [0.05, 0.1) is 11.5 Å². The van der Waals surface area contributed by atoms with Gasteiger partial charge in [-0.1, -0.05) is 44.4 Å². The Morgan fingerprint density at radius 1 is 1.29 bits per heavy atom. The molecule has 3 rings (SSSR count). The van der Waals surface area contributed by atoms with Crippen LogP contribution in [0.1, 0.15) is 80.6 Å². The average molecular weight is 387 g/mol. The van der Waals surface area contributed by atoms with Crippen molar-refractivity contribution < 1.29 is 14.3 Å². The van der Waals surface area contributed by atoms with Crippen molar-refractivity contribution in [1.82, 2.24) is 10.2 Å². The van der Waals surface area contributed by atoms with Gasteiger partial charge >= 0.3 is 0 Å². The molecule has 0 saturated heterocycles. The molecule has 1 aromatic carbocycles. The van der Waals surface area contributed by atoms with Gasteiger partial charge in [0, 0.05) is 31.9 Å². The smallest absolute Gasteiger partial charge is 0.254 e. The van der Waals surface area contributed by atoms with Crippen molar-refractivity contribution in [1.29, 1.82) is 0 Å². The van der Waals surface area contributed by atoms with E-state index >= 15 is 0 Å². The van der Waals surface area contributed by atoms with Gasteiger partial charge in [-0.2, -0.15) is 0 Å². The summed E-state index contributed by atoms with van der Waals surface area (Å²) in [6.07, 6.45) is 6.77. The van der Waals surface area contributed by atoms with Crippen LogP contribution < -0.4 is 5.32 Å². The first-order valence-corrected chi connectivity index (χ1v) is 10.8. The Bertz CT molecular complexity index is 697. The molecule has 2 aliphatic rings. The average Bonchev–Trinajstić information content (AvgIpc) is 2.72. The Morgan fingerprint density at radius 3 is 2.68 bits per heavy atom. The molecule has 0 unspecified atom stereocenters. The zero-order chi connectivity index (χ0) is 20.1. The lowest BCUT2D eigenvalue weighted by Gasteiger charge is -2.55. The first-order valence-electron chi connectivity index (χ1n) is 10.8. The molecule has 0 radical (unpaired) electrons. The van der Waals surface area contributed by atoms with Gasteiger partial charge < -0.3 is 15.0 Å². The highest BCUT2D eigenvalue weighted by Gasteiger charge is 2.55. The van der Waals surface area contributed by atoms with E-state index in [-0.39, 0.29) is 23.8 Å². The van der Waals surface area contributed by atoms with Crippen LogP contribution in [0, 0.1) is 0 Å². The lowest BCUT2D eigenvalue weighted by molar-refractivity contribution is -0.128. The molecule has 1 spiro atoms. The van der Waals surface area contributed by atoms with E-state index in [0.717, 1.165) is 44.1 Å². The number of hydrogen-bond donors (Lipinski definition) is 1. The summed E-state index contributed by atoms with van der Waals surface area (Å²) in [5.74, 6) is -0.167. The van der Waals surface area contributed by atoms with Crippen molar-refractivity contribution in [2.45, 2.75) is 76.3 Å². The number of nitrogens with one attached hydrogen (secondary N) is 1. The summed E-state index contributed by atoms with van der Waals surface area (Å²) in [5, 5.41) is 3.14. The topological polar surface area (TPSA) is 58.6 Å². The molecule has 1 heterocycles. The van der Waals surface area contributed by atoms with Crippen LogP contribution in [0.5, 0.6) is 0 Å². The molecule has 5 nitrogen and oxygen atoms in total. The maximum absolute atomic E-state index is 13.5. The van der Waals surface area contributed by atoms with Crippen molar-refractivity contribution >= 4 is 11.8 Å². The highest BCUT2D eigenvalue weighted by Crippen LogP contribution is 2.50. The summed E-state index contributed by atoms with van der Waals surface area (Å²) in [7, 11) is 1.67. The highest BCUT2D eigenvalue weighted by molar-refractivity contribution is 6.02. The summed E-state index contributed by atoms with van der Waals surface area (Å²) in [6, 6.07) is 7.83. The fraction of sp³-hybridized carbons (Fsp3) is 0.652. The molecule has 1 aliphatic carbocycles. The Morgan fingerprint density at radius 2 is 2.00 bits per heavy atom. The summed E-state index contributed by atoms with van der Waals surface area (Å²) >= 11 is 0. The molecule has 1 aromatic rings. The van der Waals surface area contributed by atoms with Crippen molar-refractivity contribution in [3.8, 4) is 0 Å². The van der Waals surface area contributed by atoms with Crippen LogP contribution in [0.15, 0.2) is 24.3 Å². The van der Waals surface area contributed by atoms with Crippen LogP contribution in [-0.4, -0.2) is 48.6 Å². The summed E-state index contributed by atoms with van der Waals surface area (Å²) in [4.78, 5) is 29.1. The van der Waals surface area contributed by atoms with Gasteiger partial charge in [0.15, 0.2) is 0 Å². The number of hydrogen-bond acceptors (Lipinski definition) is 3. The fourth-order valence-electron chi connectivity index (χ4n) is 5.13. The zero-order valence-corrected chi connectivity index (χ0v) is 17.5. The third-order valence-corrected chi connectivity index (χ3v) is 6.58. The molecule has 0 bridgehead atoms. The number of methoxy groups -OCH3 is 1. The first-order chi connectivity index (χ1) is 13.6. The molecule has 2 atom stereocenters. The minimum absolute atomic E-state index is 0.0475. The SMILES string of the molecule is CC[C@@H](C)N1C(=O)c2ccccc2[C@H](C(=O)NCCCOC)C12CCCCC2. The molecule has 2 amide bonds. The number of amides is 2. The number of rotatable bonds is 7. The minimum atomic E-state index is -0.412. The third-order valence-electron chi connectivity index (χ3n) is 6.58. The van der Waals surface area contributed by atoms with Gasteiger partial charge in [-0.25, -0.2) is 0 Å². The molecular formula is C23H34N2O3. The Hall–Kier alpha value is -1.88. The molecule has 1 fully saturated rings. The Kier molecular flexibility index (Phi) is 6.76. The van der Waals surface area contributed by atoms with Gasteiger partial charge in [-0.15, -0.1) is 0 Å². The summed E-state index contributed by atoms with van der Waals surface area (Å²) < 4.78 is 5.11. The van der Waals surface area contributed by atoms with Gasteiger partial charge in [-0.05, 0) is 44.2 Å². The predicted molar refractivity (Wildman–Crippen MR) is 110 cm³/mol. The quantitative estimate of drug-likeness (QED) is 0.724. The molecule has 0 aromatic heterocycles. The molecule has 28 heavy (non-hydrogen) atoms. The third kappa shape index (κ3) is 3.69. The van der Waals surface area contributed by atoms with E-state index in [2.05, 4.69) is 24.1 Å². The van der Waals surface area contributed by atoms with Gasteiger partial charge in [0.1, 0.15) is 0 Å². The van der Waals surface area contributed by atoms with E-state index in [1.165, 1.54) is 6.42 Å². The van der Waals surface area contributed by atoms with E-state index in [9.17, 15) is 9.59 Å². The highest BCUT2D eigenvalue weighted by atomic mass is 16.5. The predicted octanol–water partition coefficient (Wildman–Crippen LogP) is 3.88. The Balaban J connectivity index is 2.04. The van der Waals surface area contributed by atoms with Gasteiger partial charge in [-0.3, -0.25) is 9.59 Å². The van der Waals surface area contributed by atoms with E-state index in [1.54, 1.807) is 7.11 Å². The van der Waals surface area contributed by atoms with Crippen molar-refractivity contribution in [2.24, 2.45) is 0 Å². The lowest BCUT2D eigenvalue weighted by Crippen LogP contribution is -2.64. The number of carbonyl (C=O) groups is 2. The van der Waals surface area contributed by atoms with Crippen LogP contribution in [0.2, 0.25) is 0 Å². The summed E-state index contributed by atoms with van der Waals surface area (Å²) in [5.41, 5.74) is 1.18. The van der Waals surface area contributed by atoms with Crippen molar-refractivity contribution in [3.63, 3.8) is 0 Å². The minimum Gasteiger partial charge on any atom is -0.385 e. The standard InChI is InChI=1S/C23H34N2O3/c1-4-17(2)25-22(27)19-12-7-6-11-18(19)20(21(26)24-15-10-16-28-3)23(25)13-8-5-9-14-23/h6-7,11-12,17,20H,4-5,8-10,13-16H2,1-3H3,(H,24,26)/t17-,20-/m1/s1. The van der Waals surface area contributed by atoms with Crippen LogP contribution in [0.25, 0.3) is 0 Å². The number of fused-ring (bicyclic) bond motifs is 1. The molecule has 1 aliphatic heterocycles. The Labute approximate surface area is 168 Å². The second kappa shape index (κ2) is 9.08. The van der Waals surface area contributed by atoms with E-state index in [0.29, 0.717) is 18.7 Å². The lowest BCUT2D eigenvalue weighted by atomic mass is 9.64. The van der Waals surface area contributed by atoms with Crippen LogP contribution in [-0.2, 0) is 9.53 Å². The molecular weight excluding hydrogens is 352 g/mol. The maximum Gasteiger partial charge on any atom is 0.254 e. The molecule has 5 heteroatoms. The summed E-state index contributed by atoms with van der Waals surface area (Å²) in [6.45, 7) is 5.47. The van der Waals surface area contributed by atoms with Crippen LogP contribution in [0.4, 0.5) is 0 Å². The normalized spacial score (nSPS) is 22.0. The fourth-order valence-corrected chi connectivity index (χ4v) is 5.13. The van der Waals surface area contributed by atoms with Crippen LogP contribution >= 0.6 is 0 Å². The van der Waals surface area contributed by atoms with E-state index in [1.807, 2.05) is 24.3 Å². The second-order valence-electron chi connectivity index (χ2n) is 8.25. The molecule has 1 N–H and O–H groups in total. The first kappa shape index (κ1) is 20.8. The van der Waals surface area contributed by atoms with Crippen LogP contribution in [0.3, 0.4) is 0 Å². The second-order valence-corrected chi connectivity index (χ2v) is 8.25. The van der Waals surface area contributed by atoms with Crippen molar-refractivity contribution in [2.75, 3.05) is 20.3 Å². The monoisotopic (exact) mass is 386 g/mol. The van der Waals surface area contributed by atoms with Crippen molar-refractivity contribution in [3.05, 3.63) is 35.4 Å².